The molecule has 1 aromatic rings. The van der Waals surface area contributed by atoms with Gasteiger partial charge in [-0.2, -0.15) is 0 Å². The summed E-state index contributed by atoms with van der Waals surface area (Å²) >= 11 is 0. The van der Waals surface area contributed by atoms with Gasteiger partial charge in [0.15, 0.2) is 0 Å². The van der Waals surface area contributed by atoms with Crippen LogP contribution >= 0.6 is 0 Å². The Balaban J connectivity index is 2.34. The van der Waals surface area contributed by atoms with Gasteiger partial charge in [-0.3, -0.25) is 9.59 Å². The summed E-state index contributed by atoms with van der Waals surface area (Å²) in [5, 5.41) is 13.5. The number of benzene rings is 1. The molecule has 0 aliphatic heterocycles. The van der Waals surface area contributed by atoms with E-state index in [-0.39, 0.29) is 19.7 Å². The van der Waals surface area contributed by atoms with E-state index in [1.54, 1.807) is 0 Å². The molecule has 20 heavy (non-hydrogen) atoms. The summed E-state index contributed by atoms with van der Waals surface area (Å²) in [5.41, 5.74) is 0.880. The molecule has 6 nitrogen and oxygen atoms in total. The zero-order valence-electron chi connectivity index (χ0n) is 11.5. The van der Waals surface area contributed by atoms with E-state index in [0.29, 0.717) is 13.0 Å². The number of carbonyl (C=O) groups is 2. The third-order valence-electron chi connectivity index (χ3n) is 2.51. The molecule has 0 fully saturated rings. The molecule has 0 aliphatic rings. The van der Waals surface area contributed by atoms with Crippen LogP contribution in [-0.2, 0) is 16.1 Å². The van der Waals surface area contributed by atoms with Crippen LogP contribution in [0.15, 0.2) is 24.3 Å². The van der Waals surface area contributed by atoms with Gasteiger partial charge in [-0.05, 0) is 31.0 Å². The van der Waals surface area contributed by atoms with Crippen molar-refractivity contribution in [1.82, 2.24) is 10.6 Å². The zero-order chi connectivity index (χ0) is 14.8. The van der Waals surface area contributed by atoms with Crippen LogP contribution in [0.25, 0.3) is 0 Å². The predicted octanol–water partition coefficient (Wildman–Crippen LogP) is 0.200. The van der Waals surface area contributed by atoms with Crippen molar-refractivity contribution in [3.05, 3.63) is 29.8 Å². The average molecular weight is 280 g/mol. The molecule has 0 bridgehead atoms. The fraction of sp³-hybridized carbons (Fsp3) is 0.429. The minimum Gasteiger partial charge on any atom is -0.494 e. The van der Waals surface area contributed by atoms with E-state index in [2.05, 4.69) is 10.6 Å². The molecular weight excluding hydrogens is 260 g/mol. The Hall–Kier alpha value is -2.08. The number of ether oxygens (including phenoxy) is 1. The van der Waals surface area contributed by atoms with Gasteiger partial charge in [0.05, 0.1) is 6.61 Å². The Morgan fingerprint density at radius 2 is 1.80 bits per heavy atom. The third kappa shape index (κ3) is 5.71. The van der Waals surface area contributed by atoms with Gasteiger partial charge in [0.2, 0.25) is 0 Å². The molecule has 0 saturated carbocycles. The highest BCUT2D eigenvalue weighted by atomic mass is 16.5. The summed E-state index contributed by atoms with van der Waals surface area (Å²) in [6.07, 6.45) is 0.428. The summed E-state index contributed by atoms with van der Waals surface area (Å²) in [6.45, 7) is 3.05. The lowest BCUT2D eigenvalue weighted by Gasteiger charge is -2.07. The van der Waals surface area contributed by atoms with Gasteiger partial charge in [0.1, 0.15) is 5.75 Å². The first-order chi connectivity index (χ1) is 9.67. The molecule has 1 rings (SSSR count). The molecule has 3 N–H and O–H groups in total. The number of aliphatic hydroxyl groups is 1. The first kappa shape index (κ1) is 16.0. The Labute approximate surface area is 118 Å². The molecule has 0 atom stereocenters. The largest absolute Gasteiger partial charge is 0.494 e. The van der Waals surface area contributed by atoms with Gasteiger partial charge in [-0.15, -0.1) is 0 Å². The fourth-order valence-corrected chi connectivity index (χ4v) is 1.49. The topological polar surface area (TPSA) is 87.7 Å². The van der Waals surface area contributed by atoms with E-state index in [0.717, 1.165) is 11.3 Å². The second-order valence-corrected chi connectivity index (χ2v) is 4.09. The van der Waals surface area contributed by atoms with Crippen LogP contribution in [0, 0.1) is 0 Å². The lowest BCUT2D eigenvalue weighted by Crippen LogP contribution is -2.40. The first-order valence-corrected chi connectivity index (χ1v) is 6.56. The van der Waals surface area contributed by atoms with Crippen LogP contribution in [-0.4, -0.2) is 36.7 Å². The van der Waals surface area contributed by atoms with E-state index < -0.39 is 11.8 Å². The van der Waals surface area contributed by atoms with Crippen LogP contribution in [0.3, 0.4) is 0 Å². The SMILES string of the molecule is CCOc1ccc(CNC(=O)C(=O)NCCCO)cc1. The van der Waals surface area contributed by atoms with Crippen LogP contribution in [0.1, 0.15) is 18.9 Å². The molecule has 2 amide bonds. The molecule has 0 spiro atoms. The minimum atomic E-state index is -0.690. The number of hydrogen-bond acceptors (Lipinski definition) is 4. The van der Waals surface area contributed by atoms with Gasteiger partial charge < -0.3 is 20.5 Å². The van der Waals surface area contributed by atoms with E-state index >= 15 is 0 Å². The average Bonchev–Trinajstić information content (AvgIpc) is 2.46. The van der Waals surface area contributed by atoms with Crippen molar-refractivity contribution in [2.24, 2.45) is 0 Å². The van der Waals surface area contributed by atoms with Crippen molar-refractivity contribution in [3.8, 4) is 5.75 Å². The second kappa shape index (κ2) is 8.92. The highest BCUT2D eigenvalue weighted by Gasteiger charge is 2.11. The smallest absolute Gasteiger partial charge is 0.309 e. The number of rotatable bonds is 7. The number of carbonyl (C=O) groups excluding carboxylic acids is 2. The molecule has 110 valence electrons. The van der Waals surface area contributed by atoms with Gasteiger partial charge in [-0.1, -0.05) is 12.1 Å². The maximum absolute atomic E-state index is 11.5. The van der Waals surface area contributed by atoms with Crippen LogP contribution in [0.2, 0.25) is 0 Å². The Kier molecular flexibility index (Phi) is 7.13. The van der Waals surface area contributed by atoms with Crippen LogP contribution in [0.5, 0.6) is 5.75 Å². The van der Waals surface area contributed by atoms with Crippen LogP contribution < -0.4 is 15.4 Å². The lowest BCUT2D eigenvalue weighted by atomic mass is 10.2. The number of hydrogen-bond donors (Lipinski definition) is 3. The number of nitrogens with one attached hydrogen (secondary N) is 2. The standard InChI is InChI=1S/C14H20N2O4/c1-2-20-12-6-4-11(5-7-12)10-16-14(19)13(18)15-8-3-9-17/h4-7,17H,2-3,8-10H2,1H3,(H,15,18)(H,16,19). The van der Waals surface area contributed by atoms with Crippen molar-refractivity contribution in [3.63, 3.8) is 0 Å². The van der Waals surface area contributed by atoms with E-state index in [4.69, 9.17) is 9.84 Å². The summed E-state index contributed by atoms with van der Waals surface area (Å²) in [7, 11) is 0. The molecule has 0 radical (unpaired) electrons. The molecule has 6 heteroatoms. The summed E-state index contributed by atoms with van der Waals surface area (Å²) in [4.78, 5) is 22.8. The second-order valence-electron chi connectivity index (χ2n) is 4.09. The summed E-state index contributed by atoms with van der Waals surface area (Å²) < 4.78 is 5.31. The highest BCUT2D eigenvalue weighted by Crippen LogP contribution is 2.11. The van der Waals surface area contributed by atoms with Gasteiger partial charge in [-0.25, -0.2) is 0 Å². The molecule has 0 saturated heterocycles. The lowest BCUT2D eigenvalue weighted by molar-refractivity contribution is -0.139. The normalized spacial score (nSPS) is 9.90. The molecule has 0 aliphatic carbocycles. The third-order valence-corrected chi connectivity index (χ3v) is 2.51. The van der Waals surface area contributed by atoms with Crippen molar-refractivity contribution >= 4 is 11.8 Å². The van der Waals surface area contributed by atoms with Gasteiger partial charge in [0.25, 0.3) is 0 Å². The molecule has 0 unspecified atom stereocenters. The summed E-state index contributed by atoms with van der Waals surface area (Å²) in [5.74, 6) is -0.606. The fourth-order valence-electron chi connectivity index (χ4n) is 1.49. The van der Waals surface area contributed by atoms with E-state index in [1.807, 2.05) is 31.2 Å². The number of aliphatic hydroxyl groups excluding tert-OH is 1. The van der Waals surface area contributed by atoms with Crippen molar-refractivity contribution in [2.45, 2.75) is 19.9 Å². The highest BCUT2D eigenvalue weighted by molar-refractivity contribution is 6.35. The zero-order valence-corrected chi connectivity index (χ0v) is 11.5. The maximum atomic E-state index is 11.5. The van der Waals surface area contributed by atoms with Crippen molar-refractivity contribution in [1.29, 1.82) is 0 Å². The molecule has 0 heterocycles. The monoisotopic (exact) mass is 280 g/mol. The van der Waals surface area contributed by atoms with Crippen LogP contribution in [0.4, 0.5) is 0 Å². The van der Waals surface area contributed by atoms with E-state index in [9.17, 15) is 9.59 Å². The van der Waals surface area contributed by atoms with E-state index in [1.165, 1.54) is 0 Å². The van der Waals surface area contributed by atoms with Gasteiger partial charge in [0, 0.05) is 19.7 Å². The molecule has 0 aromatic heterocycles. The first-order valence-electron chi connectivity index (χ1n) is 6.56. The van der Waals surface area contributed by atoms with Crippen molar-refractivity contribution in [2.75, 3.05) is 19.8 Å². The quantitative estimate of drug-likeness (QED) is 0.492. The maximum Gasteiger partial charge on any atom is 0.309 e. The summed E-state index contributed by atoms with van der Waals surface area (Å²) in [6, 6.07) is 7.28. The van der Waals surface area contributed by atoms with Gasteiger partial charge >= 0.3 is 11.8 Å². The molecular formula is C14H20N2O4. The minimum absolute atomic E-state index is 0.0198. The van der Waals surface area contributed by atoms with Crippen molar-refractivity contribution < 1.29 is 19.4 Å². The number of amides is 2. The Morgan fingerprint density at radius 1 is 1.15 bits per heavy atom. The Bertz CT molecular complexity index is 431. The predicted molar refractivity (Wildman–Crippen MR) is 74.2 cm³/mol. The molecule has 1 aromatic carbocycles. The Morgan fingerprint density at radius 3 is 2.40 bits per heavy atom.